The van der Waals surface area contributed by atoms with Crippen molar-refractivity contribution in [2.45, 2.75) is 9.79 Å². The van der Waals surface area contributed by atoms with E-state index in [0.717, 1.165) is 0 Å². The minimum Gasteiger partial charge on any atom is -0.506 e. The number of sulfonamides is 1. The van der Waals surface area contributed by atoms with Crippen molar-refractivity contribution in [2.75, 3.05) is 18.1 Å². The molecule has 9 heteroatoms. The normalized spacial score (nSPS) is 11.1. The summed E-state index contributed by atoms with van der Waals surface area (Å²) < 4.78 is 32.3. The maximum atomic E-state index is 12.5. The van der Waals surface area contributed by atoms with Crippen LogP contribution in [0.1, 0.15) is 10.4 Å². The Balaban J connectivity index is 2.48. The minimum atomic E-state index is -4.17. The molecule has 128 valence electrons. The fraction of sp³-hybridized carbons (Fsp3) is 0.133. The molecule has 2 aromatic carbocycles. The summed E-state index contributed by atoms with van der Waals surface area (Å²) in [5, 5.41) is 19.1. The highest BCUT2D eigenvalue weighted by molar-refractivity contribution is 7.98. The Morgan fingerprint density at radius 1 is 1.25 bits per heavy atom. The second-order valence-electron chi connectivity index (χ2n) is 4.63. The maximum Gasteiger partial charge on any atom is 0.336 e. The summed E-state index contributed by atoms with van der Waals surface area (Å²) in [4.78, 5) is 11.4. The van der Waals surface area contributed by atoms with E-state index in [9.17, 15) is 23.4 Å². The van der Waals surface area contributed by atoms with Crippen LogP contribution in [0.4, 0.5) is 5.69 Å². The van der Waals surface area contributed by atoms with Crippen LogP contribution in [-0.2, 0) is 10.0 Å². The standard InChI is InChI=1S/C15H15NO6S2/c1-22-12-5-3-4-11(17)14(12)24(20,21)16-9-6-7-13(23-2)10(8-9)15(18)19/h3-8,16-17H,1-2H3,(H,18,19). The summed E-state index contributed by atoms with van der Waals surface area (Å²) >= 11 is 1.24. The predicted molar refractivity (Wildman–Crippen MR) is 90.6 cm³/mol. The molecule has 0 fully saturated rings. The molecule has 0 heterocycles. The van der Waals surface area contributed by atoms with Crippen molar-refractivity contribution in [2.24, 2.45) is 0 Å². The molecule has 24 heavy (non-hydrogen) atoms. The lowest BCUT2D eigenvalue weighted by Gasteiger charge is -2.13. The molecule has 0 aromatic heterocycles. The van der Waals surface area contributed by atoms with Crippen LogP contribution < -0.4 is 9.46 Å². The molecule has 0 saturated heterocycles. The molecule has 0 amide bonds. The Morgan fingerprint density at radius 3 is 2.54 bits per heavy atom. The van der Waals surface area contributed by atoms with Crippen LogP contribution in [0, 0.1) is 0 Å². The van der Waals surface area contributed by atoms with Crippen molar-refractivity contribution in [1.29, 1.82) is 0 Å². The number of carboxylic acid groups (broad SMARTS) is 1. The van der Waals surface area contributed by atoms with Crippen LogP contribution in [0.15, 0.2) is 46.2 Å². The summed E-state index contributed by atoms with van der Waals surface area (Å²) in [6.07, 6.45) is 1.72. The number of carboxylic acids is 1. The smallest absolute Gasteiger partial charge is 0.336 e. The van der Waals surface area contributed by atoms with Gasteiger partial charge in [0, 0.05) is 10.6 Å². The van der Waals surface area contributed by atoms with Gasteiger partial charge in [-0.05, 0) is 36.6 Å². The van der Waals surface area contributed by atoms with Gasteiger partial charge in [-0.3, -0.25) is 4.72 Å². The predicted octanol–water partition coefficient (Wildman–Crippen LogP) is 2.62. The first kappa shape index (κ1) is 18.0. The molecular weight excluding hydrogens is 354 g/mol. The van der Waals surface area contributed by atoms with Crippen molar-refractivity contribution in [1.82, 2.24) is 0 Å². The highest BCUT2D eigenvalue weighted by Gasteiger charge is 2.24. The molecule has 2 rings (SSSR count). The third-order valence-electron chi connectivity index (χ3n) is 3.13. The number of thioether (sulfide) groups is 1. The first-order chi connectivity index (χ1) is 11.3. The molecule has 0 unspecified atom stereocenters. The lowest BCUT2D eigenvalue weighted by Crippen LogP contribution is -2.15. The zero-order valence-corrected chi connectivity index (χ0v) is 14.4. The van der Waals surface area contributed by atoms with Crippen LogP contribution in [-0.4, -0.2) is 38.0 Å². The number of aromatic carboxylic acids is 1. The lowest BCUT2D eigenvalue weighted by molar-refractivity contribution is 0.0693. The van der Waals surface area contributed by atoms with E-state index in [1.165, 1.54) is 55.3 Å². The zero-order chi connectivity index (χ0) is 17.9. The van der Waals surface area contributed by atoms with Crippen LogP contribution in [0.25, 0.3) is 0 Å². The van der Waals surface area contributed by atoms with Gasteiger partial charge >= 0.3 is 5.97 Å². The fourth-order valence-electron chi connectivity index (χ4n) is 2.08. The third-order valence-corrected chi connectivity index (χ3v) is 5.38. The fourth-order valence-corrected chi connectivity index (χ4v) is 3.95. The molecule has 0 aliphatic carbocycles. The van der Waals surface area contributed by atoms with E-state index in [4.69, 9.17) is 4.74 Å². The molecule has 0 bridgehead atoms. The minimum absolute atomic E-state index is 0.0213. The Hall–Kier alpha value is -2.39. The van der Waals surface area contributed by atoms with Gasteiger partial charge in [0.2, 0.25) is 0 Å². The largest absolute Gasteiger partial charge is 0.506 e. The summed E-state index contributed by atoms with van der Waals surface area (Å²) in [6.45, 7) is 0. The lowest BCUT2D eigenvalue weighted by atomic mass is 10.2. The van der Waals surface area contributed by atoms with Gasteiger partial charge in [-0.2, -0.15) is 0 Å². The van der Waals surface area contributed by atoms with Crippen LogP contribution in [0.3, 0.4) is 0 Å². The number of phenols is 1. The van der Waals surface area contributed by atoms with Gasteiger partial charge in [0.05, 0.1) is 12.7 Å². The maximum absolute atomic E-state index is 12.5. The molecule has 0 aliphatic heterocycles. The monoisotopic (exact) mass is 369 g/mol. The molecule has 7 nitrogen and oxygen atoms in total. The number of nitrogens with one attached hydrogen (secondary N) is 1. The highest BCUT2D eigenvalue weighted by atomic mass is 32.2. The number of ether oxygens (including phenoxy) is 1. The van der Waals surface area contributed by atoms with Crippen LogP contribution >= 0.6 is 11.8 Å². The number of hydrogen-bond donors (Lipinski definition) is 3. The van der Waals surface area contributed by atoms with Gasteiger partial charge in [-0.1, -0.05) is 6.07 Å². The Bertz CT molecular complexity index is 880. The Morgan fingerprint density at radius 2 is 1.96 bits per heavy atom. The van der Waals surface area contributed by atoms with Crippen LogP contribution in [0.5, 0.6) is 11.5 Å². The van der Waals surface area contributed by atoms with Crippen molar-refractivity contribution in [3.8, 4) is 11.5 Å². The summed E-state index contributed by atoms with van der Waals surface area (Å²) in [5.41, 5.74) is 0.0439. The van der Waals surface area contributed by atoms with E-state index in [0.29, 0.717) is 4.90 Å². The van der Waals surface area contributed by atoms with Gasteiger partial charge in [0.25, 0.3) is 10.0 Å². The zero-order valence-electron chi connectivity index (χ0n) is 12.8. The van der Waals surface area contributed by atoms with Gasteiger partial charge in [0.1, 0.15) is 11.5 Å². The molecule has 3 N–H and O–H groups in total. The van der Waals surface area contributed by atoms with E-state index in [1.54, 1.807) is 6.26 Å². The SMILES string of the molecule is COc1cccc(O)c1S(=O)(=O)Nc1ccc(SC)c(C(=O)O)c1. The number of hydrogen-bond acceptors (Lipinski definition) is 6. The van der Waals surface area contributed by atoms with Gasteiger partial charge in [-0.15, -0.1) is 11.8 Å². The Kier molecular flexibility index (Phi) is 5.25. The summed E-state index contributed by atoms with van der Waals surface area (Å²) in [5.74, 6) is -1.66. The number of methoxy groups -OCH3 is 1. The van der Waals surface area contributed by atoms with Gasteiger partial charge < -0.3 is 14.9 Å². The summed E-state index contributed by atoms with van der Waals surface area (Å²) in [7, 11) is -2.89. The second-order valence-corrected chi connectivity index (χ2v) is 7.10. The number of phenolic OH excluding ortho intramolecular Hbond substituents is 1. The molecule has 0 saturated carbocycles. The number of carbonyl (C=O) groups is 1. The Labute approximate surface area is 143 Å². The van der Waals surface area contributed by atoms with E-state index in [1.807, 2.05) is 0 Å². The van der Waals surface area contributed by atoms with Gasteiger partial charge in [0.15, 0.2) is 4.90 Å². The van der Waals surface area contributed by atoms with Gasteiger partial charge in [-0.25, -0.2) is 13.2 Å². The number of aromatic hydroxyl groups is 1. The first-order valence-corrected chi connectivity index (χ1v) is 9.31. The number of rotatable bonds is 6. The highest BCUT2D eigenvalue weighted by Crippen LogP contribution is 2.34. The molecule has 0 aliphatic rings. The van der Waals surface area contributed by atoms with Crippen LogP contribution in [0.2, 0.25) is 0 Å². The summed E-state index contributed by atoms with van der Waals surface area (Å²) in [6, 6.07) is 8.24. The number of benzene rings is 2. The second kappa shape index (κ2) is 7.02. The number of anilines is 1. The quantitative estimate of drug-likeness (QED) is 0.671. The van der Waals surface area contributed by atoms with E-state index < -0.39 is 26.6 Å². The van der Waals surface area contributed by atoms with Crippen molar-refractivity contribution in [3.05, 3.63) is 42.0 Å². The molecule has 0 atom stereocenters. The van der Waals surface area contributed by atoms with Crippen molar-refractivity contribution in [3.63, 3.8) is 0 Å². The first-order valence-electron chi connectivity index (χ1n) is 6.60. The third kappa shape index (κ3) is 3.57. The molecule has 2 aromatic rings. The molecular formula is C15H15NO6S2. The average Bonchev–Trinajstić information content (AvgIpc) is 2.53. The van der Waals surface area contributed by atoms with E-state index in [2.05, 4.69) is 4.72 Å². The van der Waals surface area contributed by atoms with E-state index in [-0.39, 0.29) is 17.0 Å². The average molecular weight is 369 g/mol. The molecule has 0 radical (unpaired) electrons. The van der Waals surface area contributed by atoms with E-state index >= 15 is 0 Å². The van der Waals surface area contributed by atoms with Crippen molar-refractivity contribution < 1.29 is 28.2 Å². The topological polar surface area (TPSA) is 113 Å². The van der Waals surface area contributed by atoms with Crippen molar-refractivity contribution >= 4 is 33.4 Å². The molecule has 0 spiro atoms.